The molecule has 1 heterocycles. The fourth-order valence-electron chi connectivity index (χ4n) is 1.33. The van der Waals surface area contributed by atoms with Gasteiger partial charge in [0.05, 0.1) is 5.52 Å². The summed E-state index contributed by atoms with van der Waals surface area (Å²) < 4.78 is 4.73. The highest BCUT2D eigenvalue weighted by Gasteiger charge is 2.15. The third kappa shape index (κ3) is 1.57. The summed E-state index contributed by atoms with van der Waals surface area (Å²) in [6.07, 6.45) is 0. The van der Waals surface area contributed by atoms with E-state index in [1.807, 2.05) is 32.0 Å². The number of thiol groups is 1. The van der Waals surface area contributed by atoms with E-state index < -0.39 is 5.76 Å². The van der Waals surface area contributed by atoms with Crippen molar-refractivity contribution in [3.8, 4) is 0 Å². The fourth-order valence-corrected chi connectivity index (χ4v) is 1.47. The zero-order valence-electron chi connectivity index (χ0n) is 8.00. The van der Waals surface area contributed by atoms with Crippen LogP contribution in [0.3, 0.4) is 0 Å². The molecule has 3 nitrogen and oxygen atoms in total. The van der Waals surface area contributed by atoms with Gasteiger partial charge in [0.25, 0.3) is 0 Å². The van der Waals surface area contributed by atoms with Crippen molar-refractivity contribution in [2.45, 2.75) is 18.6 Å². The van der Waals surface area contributed by atoms with Crippen molar-refractivity contribution in [3.63, 3.8) is 0 Å². The van der Waals surface area contributed by atoms with Gasteiger partial charge in [-0.25, -0.2) is 4.79 Å². The molecule has 1 N–H and O–H groups in total. The van der Waals surface area contributed by atoms with Crippen molar-refractivity contribution in [1.29, 1.82) is 0 Å². The first kappa shape index (κ1) is 9.40. The number of aromatic nitrogens is 1. The Kier molecular flexibility index (Phi) is 1.96. The lowest BCUT2D eigenvalue weighted by Crippen LogP contribution is -2.06. The standard InChI is InChI=1S/C10H11NO2S/c1-10(2,14)6-3-4-7-8(5-6)13-9(12)11-7/h3-5,14H,1-2H3,(H,11,12). The average Bonchev–Trinajstić information content (AvgIpc) is 2.41. The zero-order valence-corrected chi connectivity index (χ0v) is 8.89. The molecule has 0 aliphatic rings. The van der Waals surface area contributed by atoms with Gasteiger partial charge in [-0.15, -0.1) is 0 Å². The van der Waals surface area contributed by atoms with Gasteiger partial charge in [0, 0.05) is 4.75 Å². The molecule has 2 rings (SSSR count). The molecule has 0 amide bonds. The number of rotatable bonds is 1. The van der Waals surface area contributed by atoms with Crippen molar-refractivity contribution >= 4 is 23.7 Å². The summed E-state index contributed by atoms with van der Waals surface area (Å²) in [5.74, 6) is -0.422. The predicted molar refractivity (Wildman–Crippen MR) is 58.8 cm³/mol. The molecule has 0 unspecified atom stereocenters. The number of hydrogen-bond donors (Lipinski definition) is 2. The first-order chi connectivity index (χ1) is 6.47. The fraction of sp³-hybridized carbons (Fsp3) is 0.300. The van der Waals surface area contributed by atoms with E-state index in [1.165, 1.54) is 0 Å². The number of oxazole rings is 1. The van der Waals surface area contributed by atoms with Gasteiger partial charge >= 0.3 is 5.76 Å². The third-order valence-electron chi connectivity index (χ3n) is 2.13. The Morgan fingerprint density at radius 3 is 2.79 bits per heavy atom. The number of hydrogen-bond acceptors (Lipinski definition) is 3. The summed E-state index contributed by atoms with van der Waals surface area (Å²) in [7, 11) is 0. The molecule has 1 aromatic heterocycles. The Bertz CT molecular complexity index is 519. The lowest BCUT2D eigenvalue weighted by atomic mass is 10.0. The monoisotopic (exact) mass is 209 g/mol. The van der Waals surface area contributed by atoms with Crippen LogP contribution in [0.15, 0.2) is 27.4 Å². The smallest absolute Gasteiger partial charge is 0.408 e. The number of H-pyrrole nitrogens is 1. The first-order valence-corrected chi connectivity index (χ1v) is 4.77. The number of nitrogens with one attached hydrogen (secondary N) is 1. The highest BCUT2D eigenvalue weighted by molar-refractivity contribution is 7.81. The van der Waals surface area contributed by atoms with Crippen LogP contribution in [0.1, 0.15) is 19.4 Å². The molecule has 0 spiro atoms. The van der Waals surface area contributed by atoms with Crippen LogP contribution in [0, 0.1) is 0 Å². The zero-order chi connectivity index (χ0) is 10.3. The van der Waals surface area contributed by atoms with E-state index in [4.69, 9.17) is 4.42 Å². The van der Waals surface area contributed by atoms with Crippen LogP contribution >= 0.6 is 12.6 Å². The summed E-state index contributed by atoms with van der Waals surface area (Å²) in [4.78, 5) is 13.5. The Morgan fingerprint density at radius 2 is 2.14 bits per heavy atom. The van der Waals surface area contributed by atoms with Gasteiger partial charge < -0.3 is 4.42 Å². The van der Waals surface area contributed by atoms with E-state index >= 15 is 0 Å². The van der Waals surface area contributed by atoms with Crippen molar-refractivity contribution in [2.24, 2.45) is 0 Å². The van der Waals surface area contributed by atoms with Crippen LogP contribution in [0.4, 0.5) is 0 Å². The predicted octanol–water partition coefficient (Wildman–Crippen LogP) is 2.29. The Balaban J connectivity index is 2.67. The molecule has 0 saturated carbocycles. The molecule has 1 aromatic carbocycles. The minimum atomic E-state index is -0.422. The molecular weight excluding hydrogens is 198 g/mol. The van der Waals surface area contributed by atoms with Crippen LogP contribution in [0.2, 0.25) is 0 Å². The maximum absolute atomic E-state index is 10.9. The van der Waals surface area contributed by atoms with Gasteiger partial charge in [-0.05, 0) is 31.5 Å². The molecule has 0 atom stereocenters. The maximum Gasteiger partial charge on any atom is 0.417 e. The quantitative estimate of drug-likeness (QED) is 0.708. The van der Waals surface area contributed by atoms with Gasteiger partial charge in [-0.3, -0.25) is 4.98 Å². The molecule has 4 heteroatoms. The lowest BCUT2D eigenvalue weighted by molar-refractivity contribution is 0.554. The maximum atomic E-state index is 10.9. The number of fused-ring (bicyclic) bond motifs is 1. The van der Waals surface area contributed by atoms with E-state index in [2.05, 4.69) is 17.6 Å². The van der Waals surface area contributed by atoms with Crippen LogP contribution in [0.25, 0.3) is 11.1 Å². The highest BCUT2D eigenvalue weighted by Crippen LogP contribution is 2.28. The number of aromatic amines is 1. The molecule has 0 aliphatic carbocycles. The molecule has 0 aliphatic heterocycles. The van der Waals surface area contributed by atoms with Crippen LogP contribution in [-0.4, -0.2) is 4.98 Å². The number of benzene rings is 1. The Labute approximate surface area is 86.5 Å². The second-order valence-electron chi connectivity index (χ2n) is 3.78. The molecule has 0 saturated heterocycles. The Morgan fingerprint density at radius 1 is 1.43 bits per heavy atom. The Hall–Kier alpha value is -1.16. The SMILES string of the molecule is CC(C)(S)c1ccc2[nH]c(=O)oc2c1. The summed E-state index contributed by atoms with van der Waals surface area (Å²) in [5, 5.41) is 0. The summed E-state index contributed by atoms with van der Waals surface area (Å²) >= 11 is 4.45. The summed E-state index contributed by atoms with van der Waals surface area (Å²) in [6.45, 7) is 3.98. The van der Waals surface area contributed by atoms with Crippen LogP contribution in [0.5, 0.6) is 0 Å². The van der Waals surface area contributed by atoms with E-state index in [9.17, 15) is 4.79 Å². The van der Waals surface area contributed by atoms with E-state index in [-0.39, 0.29) is 4.75 Å². The molecule has 0 fully saturated rings. The lowest BCUT2D eigenvalue weighted by Gasteiger charge is -2.17. The minimum absolute atomic E-state index is 0.232. The summed E-state index contributed by atoms with van der Waals surface area (Å²) in [5.41, 5.74) is 2.32. The average molecular weight is 209 g/mol. The van der Waals surface area contributed by atoms with E-state index in [0.29, 0.717) is 5.58 Å². The van der Waals surface area contributed by atoms with Crippen molar-refractivity contribution in [1.82, 2.24) is 4.98 Å². The largest absolute Gasteiger partial charge is 0.417 e. The van der Waals surface area contributed by atoms with E-state index in [1.54, 1.807) is 0 Å². The van der Waals surface area contributed by atoms with Crippen molar-refractivity contribution < 1.29 is 4.42 Å². The minimum Gasteiger partial charge on any atom is -0.408 e. The molecule has 14 heavy (non-hydrogen) atoms. The highest BCUT2D eigenvalue weighted by atomic mass is 32.1. The van der Waals surface area contributed by atoms with Gasteiger partial charge in [-0.1, -0.05) is 6.07 Å². The van der Waals surface area contributed by atoms with Gasteiger partial charge in [0.1, 0.15) is 0 Å². The first-order valence-electron chi connectivity index (χ1n) is 4.32. The summed E-state index contributed by atoms with van der Waals surface area (Å²) in [6, 6.07) is 5.59. The second kappa shape index (κ2) is 2.92. The van der Waals surface area contributed by atoms with Gasteiger partial charge in [-0.2, -0.15) is 12.6 Å². The van der Waals surface area contributed by atoms with Crippen molar-refractivity contribution in [3.05, 3.63) is 34.3 Å². The molecule has 0 radical (unpaired) electrons. The molecule has 74 valence electrons. The van der Waals surface area contributed by atoms with Crippen molar-refractivity contribution in [2.75, 3.05) is 0 Å². The van der Waals surface area contributed by atoms with Gasteiger partial charge in [0.15, 0.2) is 5.58 Å². The van der Waals surface area contributed by atoms with Crippen LogP contribution in [-0.2, 0) is 4.75 Å². The molecule has 2 aromatic rings. The van der Waals surface area contributed by atoms with Crippen LogP contribution < -0.4 is 5.76 Å². The topological polar surface area (TPSA) is 46.0 Å². The molecular formula is C10H11NO2S. The second-order valence-corrected chi connectivity index (χ2v) is 4.90. The van der Waals surface area contributed by atoms with E-state index in [0.717, 1.165) is 11.1 Å². The normalized spacial score (nSPS) is 12.2. The van der Waals surface area contributed by atoms with Gasteiger partial charge in [0.2, 0.25) is 0 Å². The molecule has 0 bridgehead atoms. The third-order valence-corrected chi connectivity index (χ3v) is 2.39.